The van der Waals surface area contributed by atoms with E-state index in [1.54, 1.807) is 0 Å². The number of carbonyl (C=O) groups excluding carboxylic acids is 1. The van der Waals surface area contributed by atoms with Gasteiger partial charge in [0.15, 0.2) is 0 Å². The first-order valence-electron chi connectivity index (χ1n) is 8.98. The summed E-state index contributed by atoms with van der Waals surface area (Å²) in [5, 5.41) is 14.5. The average molecular weight is 366 g/mol. The van der Waals surface area contributed by atoms with E-state index in [1.807, 2.05) is 51.9 Å². The number of aliphatic hydroxyl groups is 1. The predicted molar refractivity (Wildman–Crippen MR) is 103 cm³/mol. The monoisotopic (exact) mass is 365 g/mol. The second kappa shape index (κ2) is 8.63. The molecule has 24 heavy (non-hydrogen) atoms. The first kappa shape index (κ1) is 18.2. The van der Waals surface area contributed by atoms with Crippen molar-refractivity contribution in [2.24, 2.45) is 5.41 Å². The van der Waals surface area contributed by atoms with Crippen LogP contribution < -0.4 is 5.32 Å². The molecule has 0 radical (unpaired) electrons. The smallest absolute Gasteiger partial charge is 0.220 e. The number of hydrogen-bond donors (Lipinski definition) is 2. The summed E-state index contributed by atoms with van der Waals surface area (Å²) in [6.45, 7) is 0.594. The van der Waals surface area contributed by atoms with Crippen molar-refractivity contribution in [3.05, 3.63) is 35.9 Å². The Morgan fingerprint density at radius 2 is 2.08 bits per heavy atom. The van der Waals surface area contributed by atoms with Crippen LogP contribution in [0.1, 0.15) is 56.6 Å². The second-order valence-electron chi connectivity index (χ2n) is 7.03. The number of hydrogen-bond acceptors (Lipinski definition) is 4. The molecule has 0 unspecified atom stereocenters. The molecule has 0 spiro atoms. The Hall–Kier alpha value is -0.650. The standard InChI is InChI=1S/C19H27NO2S2/c21-17(9-5-4-8-16-10-13-23-24-16)20-14-19(11-12-19)18(22)15-6-2-1-3-7-15/h1-3,6-7,16,18,22H,4-5,8-14H2,(H,20,21)/t16-,18-/m0/s1. The van der Waals surface area contributed by atoms with Crippen LogP contribution in [-0.2, 0) is 4.79 Å². The van der Waals surface area contributed by atoms with Crippen molar-refractivity contribution in [3.8, 4) is 0 Å². The fourth-order valence-electron chi connectivity index (χ4n) is 3.28. The maximum absolute atomic E-state index is 12.1. The number of carbonyl (C=O) groups is 1. The van der Waals surface area contributed by atoms with Gasteiger partial charge in [-0.3, -0.25) is 4.79 Å². The van der Waals surface area contributed by atoms with Crippen LogP contribution in [0.25, 0.3) is 0 Å². The molecule has 2 fully saturated rings. The number of aliphatic hydroxyl groups excluding tert-OH is 1. The first-order chi connectivity index (χ1) is 11.7. The summed E-state index contributed by atoms with van der Waals surface area (Å²) in [6, 6.07) is 9.79. The number of nitrogens with one attached hydrogen (secondary N) is 1. The molecule has 2 aliphatic rings. The summed E-state index contributed by atoms with van der Waals surface area (Å²) in [4.78, 5) is 12.1. The van der Waals surface area contributed by atoms with Gasteiger partial charge in [0.25, 0.3) is 0 Å². The van der Waals surface area contributed by atoms with Crippen LogP contribution >= 0.6 is 21.6 Å². The normalized spacial score (nSPS) is 23.0. The topological polar surface area (TPSA) is 49.3 Å². The van der Waals surface area contributed by atoms with E-state index >= 15 is 0 Å². The van der Waals surface area contributed by atoms with Gasteiger partial charge >= 0.3 is 0 Å². The van der Waals surface area contributed by atoms with Crippen molar-refractivity contribution in [2.45, 2.75) is 56.3 Å². The van der Waals surface area contributed by atoms with Gasteiger partial charge in [0.1, 0.15) is 0 Å². The number of benzene rings is 1. The van der Waals surface area contributed by atoms with Crippen LogP contribution in [0.4, 0.5) is 0 Å². The lowest BCUT2D eigenvalue weighted by molar-refractivity contribution is -0.121. The maximum Gasteiger partial charge on any atom is 0.220 e. The van der Waals surface area contributed by atoms with E-state index in [9.17, 15) is 9.90 Å². The van der Waals surface area contributed by atoms with E-state index < -0.39 is 6.10 Å². The van der Waals surface area contributed by atoms with Crippen LogP contribution in [0.2, 0.25) is 0 Å². The molecule has 1 aliphatic heterocycles. The van der Waals surface area contributed by atoms with Crippen molar-refractivity contribution in [1.29, 1.82) is 0 Å². The highest BCUT2D eigenvalue weighted by molar-refractivity contribution is 8.77. The highest BCUT2D eigenvalue weighted by Gasteiger charge is 2.49. The van der Waals surface area contributed by atoms with E-state index in [1.165, 1.54) is 18.6 Å². The summed E-state index contributed by atoms with van der Waals surface area (Å²) in [5.74, 6) is 1.41. The van der Waals surface area contributed by atoms with Gasteiger partial charge in [-0.2, -0.15) is 0 Å². The summed E-state index contributed by atoms with van der Waals surface area (Å²) in [7, 11) is 3.99. The van der Waals surface area contributed by atoms with E-state index in [2.05, 4.69) is 5.32 Å². The molecule has 0 aromatic heterocycles. The fraction of sp³-hybridized carbons (Fsp3) is 0.632. The maximum atomic E-state index is 12.1. The third-order valence-electron chi connectivity index (χ3n) is 5.13. The lowest BCUT2D eigenvalue weighted by Crippen LogP contribution is -2.33. The molecule has 1 aliphatic carbocycles. The molecule has 3 nitrogen and oxygen atoms in total. The SMILES string of the molecule is O=C(CCCC[C@H]1CCSS1)NCC1([C@@H](O)c2ccccc2)CC1. The molecule has 2 N–H and O–H groups in total. The molecule has 2 atom stereocenters. The zero-order valence-electron chi connectivity index (χ0n) is 14.1. The molecule has 1 saturated heterocycles. The van der Waals surface area contributed by atoms with Crippen molar-refractivity contribution >= 4 is 27.5 Å². The minimum absolute atomic E-state index is 0.134. The van der Waals surface area contributed by atoms with E-state index in [0.29, 0.717) is 13.0 Å². The minimum Gasteiger partial charge on any atom is -0.388 e. The summed E-state index contributed by atoms with van der Waals surface area (Å²) < 4.78 is 0. The van der Waals surface area contributed by atoms with E-state index in [-0.39, 0.29) is 11.3 Å². The molecule has 1 heterocycles. The Balaban J connectivity index is 1.35. The Morgan fingerprint density at radius 1 is 1.29 bits per heavy atom. The molecular formula is C19H27NO2S2. The summed E-state index contributed by atoms with van der Waals surface area (Å²) >= 11 is 0. The van der Waals surface area contributed by atoms with E-state index in [0.717, 1.165) is 36.5 Å². The van der Waals surface area contributed by atoms with Crippen LogP contribution in [0.3, 0.4) is 0 Å². The number of unbranched alkanes of at least 4 members (excludes halogenated alkanes) is 1. The average Bonchev–Trinajstić information content (AvgIpc) is 3.23. The molecule has 5 heteroatoms. The molecule has 1 amide bonds. The third-order valence-corrected chi connectivity index (χ3v) is 8.14. The predicted octanol–water partition coefficient (Wildman–Crippen LogP) is 4.33. The van der Waals surface area contributed by atoms with Crippen LogP contribution in [0, 0.1) is 5.41 Å². The zero-order chi connectivity index (χ0) is 16.8. The van der Waals surface area contributed by atoms with Crippen molar-refractivity contribution in [2.75, 3.05) is 12.3 Å². The number of rotatable bonds is 9. The molecule has 1 aromatic rings. The van der Waals surface area contributed by atoms with E-state index in [4.69, 9.17) is 0 Å². The van der Waals surface area contributed by atoms with Gasteiger partial charge in [-0.1, -0.05) is 58.3 Å². The molecular weight excluding hydrogens is 338 g/mol. The van der Waals surface area contributed by atoms with Crippen LogP contribution in [0.15, 0.2) is 30.3 Å². The van der Waals surface area contributed by atoms with Gasteiger partial charge in [0.2, 0.25) is 5.91 Å². The van der Waals surface area contributed by atoms with Gasteiger partial charge in [0.05, 0.1) is 6.10 Å². The highest BCUT2D eigenvalue weighted by atomic mass is 33.1. The minimum atomic E-state index is -0.476. The lowest BCUT2D eigenvalue weighted by Gasteiger charge is -2.23. The third kappa shape index (κ3) is 4.93. The van der Waals surface area contributed by atoms with Crippen LogP contribution in [0.5, 0.6) is 0 Å². The Morgan fingerprint density at radius 3 is 2.75 bits per heavy atom. The Bertz CT molecular complexity index is 527. The largest absolute Gasteiger partial charge is 0.388 e. The lowest BCUT2D eigenvalue weighted by atomic mass is 9.92. The molecule has 0 bridgehead atoms. The Kier molecular flexibility index (Phi) is 6.53. The Labute approximate surface area is 152 Å². The first-order valence-corrected chi connectivity index (χ1v) is 11.4. The van der Waals surface area contributed by atoms with Crippen molar-refractivity contribution in [1.82, 2.24) is 5.32 Å². The molecule has 1 aromatic carbocycles. The summed E-state index contributed by atoms with van der Waals surface area (Å²) in [5.41, 5.74) is 0.811. The molecule has 132 valence electrons. The van der Waals surface area contributed by atoms with Gasteiger partial charge in [-0.15, -0.1) is 0 Å². The van der Waals surface area contributed by atoms with Gasteiger partial charge in [-0.05, 0) is 37.7 Å². The number of amides is 1. The zero-order valence-corrected chi connectivity index (χ0v) is 15.7. The van der Waals surface area contributed by atoms with Gasteiger partial charge in [0, 0.05) is 29.4 Å². The molecule has 1 saturated carbocycles. The van der Waals surface area contributed by atoms with Crippen molar-refractivity contribution in [3.63, 3.8) is 0 Å². The highest BCUT2D eigenvalue weighted by Crippen LogP contribution is 2.54. The van der Waals surface area contributed by atoms with Gasteiger partial charge < -0.3 is 10.4 Å². The van der Waals surface area contributed by atoms with Gasteiger partial charge in [-0.25, -0.2) is 0 Å². The molecule has 3 rings (SSSR count). The van der Waals surface area contributed by atoms with Crippen LogP contribution in [-0.4, -0.2) is 28.6 Å². The fourth-order valence-corrected chi connectivity index (χ4v) is 6.31. The second-order valence-corrected chi connectivity index (χ2v) is 9.81. The van der Waals surface area contributed by atoms with Crippen molar-refractivity contribution < 1.29 is 9.90 Å². The summed E-state index contributed by atoms with van der Waals surface area (Å²) in [6.07, 6.45) is 6.78. The quantitative estimate of drug-likeness (QED) is 0.505.